The van der Waals surface area contributed by atoms with Gasteiger partial charge in [0.25, 0.3) is 0 Å². The van der Waals surface area contributed by atoms with Crippen molar-refractivity contribution in [3.05, 3.63) is 29.8 Å². The summed E-state index contributed by atoms with van der Waals surface area (Å²) < 4.78 is 10.9. The lowest BCUT2D eigenvalue weighted by atomic mass is 10.0. The molecule has 4 N–H and O–H groups in total. The highest BCUT2D eigenvalue weighted by Gasteiger charge is 2.29. The number of thioether (sulfide) groups is 1. The number of rotatable bonds is 11. The normalized spacial score (nSPS) is 14.7. The zero-order valence-corrected chi connectivity index (χ0v) is 23.7. The number of ether oxygens (including phenoxy) is 2. The highest BCUT2D eigenvalue weighted by atomic mass is 32.2. The number of nitrogens with one attached hydrogen (secondary N) is 2. The average Bonchev–Trinajstić information content (AvgIpc) is 2.84. The molecule has 11 nitrogen and oxygen atoms in total. The number of esters is 1. The maximum Gasteiger partial charge on any atom is 0.629 e. The summed E-state index contributed by atoms with van der Waals surface area (Å²) in [4.78, 5) is 51.6. The van der Waals surface area contributed by atoms with Gasteiger partial charge < -0.3 is 24.8 Å². The van der Waals surface area contributed by atoms with Crippen LogP contribution in [0.2, 0.25) is 0 Å². The van der Waals surface area contributed by atoms with Gasteiger partial charge in [0.1, 0.15) is 17.4 Å². The average molecular weight is 554 g/mol. The molecule has 1 aliphatic rings. The van der Waals surface area contributed by atoms with Crippen molar-refractivity contribution in [2.75, 3.05) is 38.6 Å². The number of hydrogen-bond donors (Lipinski definition) is 2. The van der Waals surface area contributed by atoms with Crippen LogP contribution in [-0.2, 0) is 20.7 Å². The molecule has 1 aromatic carbocycles. The molecule has 1 aliphatic heterocycles. The number of nitrogens with zero attached hydrogens (tertiary/aromatic N) is 2. The monoisotopic (exact) mass is 553 g/mol. The van der Waals surface area contributed by atoms with Crippen molar-refractivity contribution in [3.63, 3.8) is 0 Å². The molecular formula is C26H41N4O7S+. The lowest BCUT2D eigenvalue weighted by Gasteiger charge is -2.30. The van der Waals surface area contributed by atoms with Crippen LogP contribution in [0.1, 0.15) is 46.6 Å². The first-order chi connectivity index (χ1) is 17.8. The third-order valence-electron chi connectivity index (χ3n) is 5.51. The summed E-state index contributed by atoms with van der Waals surface area (Å²) in [6, 6.07) is 6.16. The lowest BCUT2D eigenvalue weighted by Crippen LogP contribution is -2.51. The van der Waals surface area contributed by atoms with E-state index in [0.29, 0.717) is 55.9 Å². The van der Waals surface area contributed by atoms with Gasteiger partial charge in [0.15, 0.2) is 0 Å². The lowest BCUT2D eigenvalue weighted by molar-refractivity contribution is -0.158. The van der Waals surface area contributed by atoms with Crippen LogP contribution in [0.15, 0.2) is 24.3 Å². The second-order valence-electron chi connectivity index (χ2n) is 10.3. The first kappa shape index (κ1) is 31.2. The number of amides is 3. The van der Waals surface area contributed by atoms with Crippen LogP contribution in [0.25, 0.3) is 0 Å². The fourth-order valence-electron chi connectivity index (χ4n) is 3.55. The molecule has 0 aromatic heterocycles. The highest BCUT2D eigenvalue weighted by Crippen LogP contribution is 2.17. The van der Waals surface area contributed by atoms with Gasteiger partial charge in [-0.15, -0.1) is 11.8 Å². The molecule has 1 heterocycles. The molecule has 0 unspecified atom stereocenters. The van der Waals surface area contributed by atoms with Gasteiger partial charge in [-0.1, -0.05) is 26.0 Å². The van der Waals surface area contributed by atoms with Gasteiger partial charge >= 0.3 is 18.2 Å². The quantitative estimate of drug-likeness (QED) is 0.184. The van der Waals surface area contributed by atoms with E-state index >= 15 is 0 Å². The smallest absolute Gasteiger partial charge is 0.547 e. The zero-order valence-electron chi connectivity index (χ0n) is 22.9. The first-order valence-corrected chi connectivity index (χ1v) is 13.8. The van der Waals surface area contributed by atoms with Crippen molar-refractivity contribution in [2.24, 2.45) is 0 Å². The first-order valence-electron chi connectivity index (χ1n) is 12.7. The molecular weight excluding hydrogens is 512 g/mol. The molecule has 1 saturated heterocycles. The molecule has 38 heavy (non-hydrogen) atoms. The third-order valence-corrected chi connectivity index (χ3v) is 6.54. The van der Waals surface area contributed by atoms with Crippen molar-refractivity contribution >= 4 is 35.8 Å². The zero-order chi connectivity index (χ0) is 28.3. The maximum absolute atomic E-state index is 12.8. The molecule has 1 fully saturated rings. The summed E-state index contributed by atoms with van der Waals surface area (Å²) in [5.74, 6) is 0.251. The fourth-order valence-corrected chi connectivity index (χ4v) is 4.10. The van der Waals surface area contributed by atoms with E-state index in [1.807, 2.05) is 0 Å². The Bertz CT molecular complexity index is 942. The largest absolute Gasteiger partial charge is 0.629 e. The second-order valence-corrected chi connectivity index (χ2v) is 11.8. The minimum Gasteiger partial charge on any atom is -0.547 e. The molecule has 0 saturated carbocycles. The summed E-state index contributed by atoms with van der Waals surface area (Å²) >= 11 is 1.69. The number of piperazine rings is 1. The summed E-state index contributed by atoms with van der Waals surface area (Å²) in [7, 11) is 0. The van der Waals surface area contributed by atoms with E-state index in [-0.39, 0.29) is 12.5 Å². The number of hydrogen-bond acceptors (Lipinski definition) is 8. The Labute approximate surface area is 228 Å². The van der Waals surface area contributed by atoms with Crippen LogP contribution >= 0.6 is 11.8 Å². The SMILES string of the molecule is CC(C)SCNCC(=O)N[C@@H](CCc1ccc(OC(=O)N2CCN(C(=O)[OH2+])CC2)cc1)C(=O)OC(C)(C)C. The van der Waals surface area contributed by atoms with E-state index < -0.39 is 29.8 Å². The third kappa shape index (κ3) is 11.6. The van der Waals surface area contributed by atoms with Gasteiger partial charge in [-0.3, -0.25) is 15.0 Å². The van der Waals surface area contributed by atoms with Crippen molar-refractivity contribution < 1.29 is 33.8 Å². The summed E-state index contributed by atoms with van der Waals surface area (Å²) in [6.45, 7) is 10.8. The Morgan fingerprint density at radius 1 is 1.03 bits per heavy atom. The molecule has 3 amide bonds. The van der Waals surface area contributed by atoms with E-state index in [1.54, 1.807) is 56.8 Å². The van der Waals surface area contributed by atoms with Gasteiger partial charge in [-0.25, -0.2) is 9.59 Å². The molecule has 2 rings (SSSR count). The Morgan fingerprint density at radius 3 is 2.18 bits per heavy atom. The van der Waals surface area contributed by atoms with Crippen molar-refractivity contribution in [1.82, 2.24) is 20.4 Å². The topological polar surface area (TPSA) is 140 Å². The van der Waals surface area contributed by atoms with Crippen molar-refractivity contribution in [1.29, 1.82) is 0 Å². The summed E-state index contributed by atoms with van der Waals surface area (Å²) in [5.41, 5.74) is 0.225. The molecule has 0 spiro atoms. The van der Waals surface area contributed by atoms with Crippen molar-refractivity contribution in [2.45, 2.75) is 64.4 Å². The van der Waals surface area contributed by atoms with Crippen LogP contribution in [0.3, 0.4) is 0 Å². The Hall–Kier alpha value is -2.99. The highest BCUT2D eigenvalue weighted by molar-refractivity contribution is 7.99. The molecule has 1 aromatic rings. The Balaban J connectivity index is 1.89. The number of carbonyl (C=O) groups excluding carboxylic acids is 4. The van der Waals surface area contributed by atoms with Crippen LogP contribution in [0, 0.1) is 0 Å². The molecule has 0 aliphatic carbocycles. The Kier molecular flexibility index (Phi) is 12.2. The standard InChI is InChI=1S/C26H40N4O7S/c1-18(2)38-17-27-16-22(31)28-21(23(32)37-26(3,4)5)11-8-19-6-9-20(10-7-19)36-25(35)30-14-12-29(13-15-30)24(33)34/h6-7,9-10,18,21,27H,8,11-17H2,1-5H3,(H,28,31)(H,33,34)/p+1/t21-/m0/s1. The fraction of sp³-hybridized carbons (Fsp3) is 0.615. The van der Waals surface area contributed by atoms with Crippen molar-refractivity contribution in [3.8, 4) is 5.75 Å². The number of benzene rings is 1. The van der Waals surface area contributed by atoms with Gasteiger partial charge in [-0.2, -0.15) is 0 Å². The van der Waals surface area contributed by atoms with Gasteiger partial charge in [0, 0.05) is 37.3 Å². The molecule has 212 valence electrons. The molecule has 0 bridgehead atoms. The van der Waals surface area contributed by atoms with Crippen LogP contribution in [0.5, 0.6) is 5.75 Å². The van der Waals surface area contributed by atoms with Crippen LogP contribution < -0.4 is 15.4 Å². The summed E-state index contributed by atoms with van der Waals surface area (Å²) in [5, 5.41) is 13.4. The molecule has 0 radical (unpaired) electrons. The number of carbonyl (C=O) groups is 4. The minimum absolute atomic E-state index is 0.105. The second kappa shape index (κ2) is 14.8. The molecule has 12 heteroatoms. The maximum atomic E-state index is 12.8. The minimum atomic E-state index is -0.798. The number of aryl methyl sites for hydroxylation is 1. The van der Waals surface area contributed by atoms with E-state index in [2.05, 4.69) is 24.5 Å². The van der Waals surface area contributed by atoms with Gasteiger partial charge in [0.05, 0.1) is 11.3 Å². The van der Waals surface area contributed by atoms with E-state index in [1.165, 1.54) is 9.80 Å². The van der Waals surface area contributed by atoms with Crippen LogP contribution in [0.4, 0.5) is 9.59 Å². The van der Waals surface area contributed by atoms with E-state index in [4.69, 9.17) is 14.6 Å². The van der Waals surface area contributed by atoms with E-state index in [0.717, 1.165) is 5.56 Å². The van der Waals surface area contributed by atoms with Crippen LogP contribution in [-0.4, -0.2) is 94.5 Å². The molecule has 1 atom stereocenters. The van der Waals surface area contributed by atoms with Gasteiger partial charge in [0.2, 0.25) is 5.91 Å². The van der Waals surface area contributed by atoms with E-state index in [9.17, 15) is 19.2 Å². The summed E-state index contributed by atoms with van der Waals surface area (Å²) in [6.07, 6.45) is -0.417. The Morgan fingerprint density at radius 2 is 1.63 bits per heavy atom. The van der Waals surface area contributed by atoms with Gasteiger partial charge in [-0.05, 0) is 51.3 Å². The predicted octanol–water partition coefficient (Wildman–Crippen LogP) is 2.10. The predicted molar refractivity (Wildman–Crippen MR) is 146 cm³/mol.